The first kappa shape index (κ1) is 13.8. The van der Waals surface area contributed by atoms with E-state index in [1.54, 1.807) is 11.3 Å². The van der Waals surface area contributed by atoms with Gasteiger partial charge in [0.2, 0.25) is 4.80 Å². The first-order chi connectivity index (χ1) is 10.1. The van der Waals surface area contributed by atoms with Crippen molar-refractivity contribution < 1.29 is 0 Å². The molecule has 0 N–H and O–H groups in total. The summed E-state index contributed by atoms with van der Waals surface area (Å²) in [5.41, 5.74) is 3.32. The van der Waals surface area contributed by atoms with Gasteiger partial charge in [-0.3, -0.25) is 0 Å². The third-order valence-electron chi connectivity index (χ3n) is 3.31. The molecule has 0 fully saturated rings. The molecule has 0 unspecified atom stereocenters. The molecule has 21 heavy (non-hydrogen) atoms. The number of rotatable bonds is 2. The molecular formula is C17H17N3S. The summed E-state index contributed by atoms with van der Waals surface area (Å²) in [5.74, 6) is 0. The zero-order valence-electron chi connectivity index (χ0n) is 12.4. The zero-order valence-corrected chi connectivity index (χ0v) is 13.2. The topological polar surface area (TPSA) is 29.6 Å². The highest BCUT2D eigenvalue weighted by Crippen LogP contribution is 2.24. The average Bonchev–Trinajstić information content (AvgIpc) is 2.85. The van der Waals surface area contributed by atoms with Crippen molar-refractivity contribution in [1.82, 2.24) is 4.57 Å². The first-order valence-electron chi connectivity index (χ1n) is 6.84. The molecule has 0 radical (unpaired) electrons. The number of hydrogen-bond acceptors (Lipinski definition) is 3. The maximum Gasteiger partial charge on any atom is 0.210 e. The fraction of sp³-hybridized carbons (Fsp3) is 0.176. The third kappa shape index (κ3) is 2.81. The van der Waals surface area contributed by atoms with E-state index >= 15 is 0 Å². The average molecular weight is 295 g/mol. The predicted octanol–water partition coefficient (Wildman–Crippen LogP) is 4.20. The monoisotopic (exact) mass is 295 g/mol. The Bertz CT molecular complexity index is 880. The van der Waals surface area contributed by atoms with Crippen LogP contribution in [0, 0.1) is 0 Å². The third-order valence-corrected chi connectivity index (χ3v) is 4.21. The van der Waals surface area contributed by atoms with Gasteiger partial charge in [0, 0.05) is 18.1 Å². The number of thiazole rings is 1. The molecule has 0 saturated heterocycles. The van der Waals surface area contributed by atoms with Crippen LogP contribution < -0.4 is 4.80 Å². The summed E-state index contributed by atoms with van der Waals surface area (Å²) in [4.78, 5) is 0.902. The summed E-state index contributed by atoms with van der Waals surface area (Å²) in [7, 11) is 2.03. The van der Waals surface area contributed by atoms with Crippen LogP contribution >= 0.6 is 11.3 Å². The van der Waals surface area contributed by atoms with Crippen molar-refractivity contribution in [1.29, 1.82) is 0 Å². The molecule has 0 aliphatic carbocycles. The Morgan fingerprint density at radius 3 is 2.57 bits per heavy atom. The lowest BCUT2D eigenvalue weighted by Gasteiger charge is -2.04. The molecule has 3 rings (SSSR count). The van der Waals surface area contributed by atoms with Gasteiger partial charge < -0.3 is 4.57 Å². The van der Waals surface area contributed by atoms with Gasteiger partial charge in [-0.2, -0.15) is 5.10 Å². The maximum absolute atomic E-state index is 4.28. The number of hydrogen-bond donors (Lipinski definition) is 0. The van der Waals surface area contributed by atoms with Crippen LogP contribution in [-0.4, -0.2) is 10.3 Å². The van der Waals surface area contributed by atoms with Gasteiger partial charge in [0.1, 0.15) is 0 Å². The van der Waals surface area contributed by atoms with Crippen LogP contribution in [0.5, 0.6) is 0 Å². The van der Waals surface area contributed by atoms with Crippen molar-refractivity contribution in [3.05, 3.63) is 52.6 Å². The van der Waals surface area contributed by atoms with E-state index < -0.39 is 0 Å². The smallest absolute Gasteiger partial charge is 0.210 e. The van der Waals surface area contributed by atoms with Crippen LogP contribution in [0.4, 0.5) is 0 Å². The summed E-state index contributed by atoms with van der Waals surface area (Å²) in [5, 5.41) is 13.1. The molecule has 1 aromatic heterocycles. The maximum atomic E-state index is 4.28. The quantitative estimate of drug-likeness (QED) is 0.501. The minimum atomic E-state index is 0.902. The molecular weight excluding hydrogens is 278 g/mol. The molecule has 0 amide bonds. The molecule has 3 nitrogen and oxygen atoms in total. The summed E-state index contributed by atoms with van der Waals surface area (Å²) >= 11 is 1.61. The SMILES string of the molecule is CC(C)=NN=c1scc(-c2ccc3ccccc3c2)n1C. The Labute approximate surface area is 127 Å². The van der Waals surface area contributed by atoms with Crippen LogP contribution in [0.3, 0.4) is 0 Å². The molecule has 0 bridgehead atoms. The van der Waals surface area contributed by atoms with E-state index in [1.165, 1.54) is 16.3 Å². The van der Waals surface area contributed by atoms with Crippen LogP contribution in [0.15, 0.2) is 58.0 Å². The molecule has 4 heteroatoms. The van der Waals surface area contributed by atoms with E-state index in [0.29, 0.717) is 0 Å². The van der Waals surface area contributed by atoms with Gasteiger partial charge in [0.15, 0.2) is 0 Å². The van der Waals surface area contributed by atoms with Crippen LogP contribution in [-0.2, 0) is 7.05 Å². The van der Waals surface area contributed by atoms with Crippen LogP contribution in [0.25, 0.3) is 22.0 Å². The van der Waals surface area contributed by atoms with Crippen molar-refractivity contribution in [3.63, 3.8) is 0 Å². The summed E-state index contributed by atoms with van der Waals surface area (Å²) < 4.78 is 2.08. The lowest BCUT2D eigenvalue weighted by molar-refractivity contribution is 0.862. The number of benzene rings is 2. The molecule has 1 heterocycles. The molecule has 3 aromatic rings. The van der Waals surface area contributed by atoms with E-state index in [4.69, 9.17) is 0 Å². The highest BCUT2D eigenvalue weighted by molar-refractivity contribution is 7.07. The van der Waals surface area contributed by atoms with Crippen molar-refractivity contribution in [2.75, 3.05) is 0 Å². The lowest BCUT2D eigenvalue weighted by Crippen LogP contribution is -2.10. The summed E-state index contributed by atoms with van der Waals surface area (Å²) in [6.45, 7) is 3.89. The standard InChI is InChI=1S/C17H17N3S/c1-12(2)18-19-17-20(3)16(11-21-17)15-9-8-13-6-4-5-7-14(13)10-15/h4-11H,1-3H3. The molecule has 0 spiro atoms. The second-order valence-electron chi connectivity index (χ2n) is 5.17. The van der Waals surface area contributed by atoms with E-state index in [-0.39, 0.29) is 0 Å². The van der Waals surface area contributed by atoms with Gasteiger partial charge in [-0.15, -0.1) is 16.4 Å². The Balaban J connectivity index is 2.11. The summed E-state index contributed by atoms with van der Waals surface area (Å²) in [6.07, 6.45) is 0. The largest absolute Gasteiger partial charge is 0.318 e. The van der Waals surface area contributed by atoms with Crippen molar-refractivity contribution >= 4 is 27.8 Å². The highest BCUT2D eigenvalue weighted by atomic mass is 32.1. The second-order valence-corrected chi connectivity index (χ2v) is 6.01. The first-order valence-corrected chi connectivity index (χ1v) is 7.72. The van der Waals surface area contributed by atoms with Gasteiger partial charge in [0.05, 0.1) is 5.69 Å². The summed E-state index contributed by atoms with van der Waals surface area (Å²) in [6, 6.07) is 14.9. The fourth-order valence-corrected chi connectivity index (χ4v) is 3.07. The minimum Gasteiger partial charge on any atom is -0.318 e. The van der Waals surface area contributed by atoms with Crippen molar-refractivity contribution in [2.24, 2.45) is 17.3 Å². The number of aromatic nitrogens is 1. The highest BCUT2D eigenvalue weighted by Gasteiger charge is 2.05. The Hall–Kier alpha value is -2.20. The van der Waals surface area contributed by atoms with E-state index in [0.717, 1.165) is 16.2 Å². The minimum absolute atomic E-state index is 0.902. The Morgan fingerprint density at radius 2 is 1.81 bits per heavy atom. The Kier molecular flexibility index (Phi) is 3.71. The van der Waals surface area contributed by atoms with Crippen LogP contribution in [0.2, 0.25) is 0 Å². The van der Waals surface area contributed by atoms with E-state index in [9.17, 15) is 0 Å². The zero-order chi connectivity index (χ0) is 14.8. The number of fused-ring (bicyclic) bond motifs is 1. The van der Waals surface area contributed by atoms with E-state index in [2.05, 4.69) is 62.6 Å². The van der Waals surface area contributed by atoms with Gasteiger partial charge in [0.25, 0.3) is 0 Å². The molecule has 2 aromatic carbocycles. The predicted molar refractivity (Wildman–Crippen MR) is 90.6 cm³/mol. The second kappa shape index (κ2) is 5.66. The van der Waals surface area contributed by atoms with Gasteiger partial charge in [-0.05, 0) is 36.2 Å². The lowest BCUT2D eigenvalue weighted by atomic mass is 10.1. The normalized spacial score (nSPS) is 11.9. The van der Waals surface area contributed by atoms with Gasteiger partial charge in [-0.25, -0.2) is 0 Å². The molecule has 106 valence electrons. The van der Waals surface area contributed by atoms with Crippen LogP contribution in [0.1, 0.15) is 13.8 Å². The van der Waals surface area contributed by atoms with Gasteiger partial charge in [-0.1, -0.05) is 36.4 Å². The number of nitrogens with zero attached hydrogens (tertiary/aromatic N) is 3. The van der Waals surface area contributed by atoms with Crippen molar-refractivity contribution in [2.45, 2.75) is 13.8 Å². The molecule has 0 aliphatic heterocycles. The molecule has 0 atom stereocenters. The van der Waals surface area contributed by atoms with Crippen molar-refractivity contribution in [3.8, 4) is 11.3 Å². The molecule has 0 aliphatic rings. The van der Waals surface area contributed by atoms with E-state index in [1.807, 2.05) is 20.9 Å². The fourth-order valence-electron chi connectivity index (χ4n) is 2.21. The molecule has 0 saturated carbocycles. The Morgan fingerprint density at radius 1 is 1.05 bits per heavy atom. The van der Waals surface area contributed by atoms with Gasteiger partial charge >= 0.3 is 0 Å².